The van der Waals surface area contributed by atoms with Gasteiger partial charge in [-0.05, 0) is 6.92 Å². The van der Waals surface area contributed by atoms with Gasteiger partial charge < -0.3 is 9.84 Å². The number of amides is 1. The van der Waals surface area contributed by atoms with E-state index in [9.17, 15) is 4.79 Å². The number of rotatable bonds is 7. The van der Waals surface area contributed by atoms with Gasteiger partial charge in [0.25, 0.3) is 0 Å². The van der Waals surface area contributed by atoms with E-state index in [-0.39, 0.29) is 17.9 Å². The summed E-state index contributed by atoms with van der Waals surface area (Å²) >= 11 is 0. The monoisotopic (exact) mass is 321 g/mol. The van der Waals surface area contributed by atoms with E-state index in [2.05, 4.69) is 52.6 Å². The van der Waals surface area contributed by atoms with E-state index >= 15 is 0 Å². The van der Waals surface area contributed by atoms with Crippen molar-refractivity contribution < 1.29 is 9.32 Å². The van der Waals surface area contributed by atoms with Crippen LogP contribution in [-0.2, 0) is 4.79 Å². The molecule has 1 N–H and O–H groups in total. The summed E-state index contributed by atoms with van der Waals surface area (Å²) < 4.78 is 5.39. The standard InChI is InChI=1S/C16H27N5O2/c1-5-6-17-14(22)11-20-7-9-21(10-8-20)13(4)16-18-15(12(2)3)19-23-16/h5,12-13H,1,6-11H2,2-4H3,(H,17,22)/t13-/m0/s1. The lowest BCUT2D eigenvalue weighted by molar-refractivity contribution is -0.122. The summed E-state index contributed by atoms with van der Waals surface area (Å²) in [6, 6.07) is 0.103. The fourth-order valence-corrected chi connectivity index (χ4v) is 2.56. The van der Waals surface area contributed by atoms with Crippen molar-refractivity contribution in [2.75, 3.05) is 39.3 Å². The Balaban J connectivity index is 1.81. The van der Waals surface area contributed by atoms with Crippen molar-refractivity contribution in [2.24, 2.45) is 0 Å². The Bertz CT molecular complexity index is 520. The predicted octanol–water partition coefficient (Wildman–Crippen LogP) is 1.17. The summed E-state index contributed by atoms with van der Waals surface area (Å²) in [4.78, 5) is 20.7. The molecule has 0 saturated carbocycles. The minimum Gasteiger partial charge on any atom is -0.352 e. The molecule has 1 atom stereocenters. The summed E-state index contributed by atoms with van der Waals surface area (Å²) in [7, 11) is 0. The van der Waals surface area contributed by atoms with Crippen molar-refractivity contribution in [1.29, 1.82) is 0 Å². The van der Waals surface area contributed by atoms with Crippen LogP contribution in [-0.4, -0.2) is 65.1 Å². The highest BCUT2D eigenvalue weighted by molar-refractivity contribution is 5.78. The van der Waals surface area contributed by atoms with Crippen molar-refractivity contribution in [3.05, 3.63) is 24.4 Å². The van der Waals surface area contributed by atoms with Gasteiger partial charge in [0.15, 0.2) is 5.82 Å². The van der Waals surface area contributed by atoms with Gasteiger partial charge in [-0.25, -0.2) is 0 Å². The number of aromatic nitrogens is 2. The van der Waals surface area contributed by atoms with Gasteiger partial charge in [-0.3, -0.25) is 14.6 Å². The number of nitrogens with zero attached hydrogens (tertiary/aromatic N) is 4. The van der Waals surface area contributed by atoms with Crippen LogP contribution in [0, 0.1) is 0 Å². The second kappa shape index (κ2) is 8.21. The molecular weight excluding hydrogens is 294 g/mol. The number of hydrogen-bond donors (Lipinski definition) is 1. The Labute approximate surface area is 137 Å². The first-order chi connectivity index (χ1) is 11.0. The third kappa shape index (κ3) is 4.87. The Morgan fingerprint density at radius 2 is 2.04 bits per heavy atom. The quantitative estimate of drug-likeness (QED) is 0.760. The first-order valence-corrected chi connectivity index (χ1v) is 8.18. The van der Waals surface area contributed by atoms with Crippen LogP contribution in [0.5, 0.6) is 0 Å². The van der Waals surface area contributed by atoms with E-state index in [0.29, 0.717) is 19.0 Å². The second-order valence-electron chi connectivity index (χ2n) is 6.23. The minimum absolute atomic E-state index is 0.0462. The molecule has 0 unspecified atom stereocenters. The lowest BCUT2D eigenvalue weighted by atomic mass is 10.2. The summed E-state index contributed by atoms with van der Waals surface area (Å²) in [6.07, 6.45) is 1.69. The zero-order chi connectivity index (χ0) is 16.8. The molecule has 128 valence electrons. The zero-order valence-corrected chi connectivity index (χ0v) is 14.3. The molecule has 2 rings (SSSR count). The molecule has 0 radical (unpaired) electrons. The third-order valence-corrected chi connectivity index (χ3v) is 4.10. The summed E-state index contributed by atoms with van der Waals surface area (Å²) in [6.45, 7) is 14.2. The summed E-state index contributed by atoms with van der Waals surface area (Å²) in [5.41, 5.74) is 0. The Hall–Kier alpha value is -1.73. The Morgan fingerprint density at radius 3 is 2.61 bits per heavy atom. The van der Waals surface area contributed by atoms with Gasteiger partial charge in [-0.2, -0.15) is 4.98 Å². The SMILES string of the molecule is C=CCNC(=O)CN1CCN([C@@H](C)c2nc(C(C)C)no2)CC1. The molecule has 0 aromatic carbocycles. The molecule has 1 aromatic rings. The second-order valence-corrected chi connectivity index (χ2v) is 6.23. The fraction of sp³-hybridized carbons (Fsp3) is 0.688. The van der Waals surface area contributed by atoms with Crippen LogP contribution in [0.2, 0.25) is 0 Å². The highest BCUT2D eigenvalue weighted by Crippen LogP contribution is 2.21. The largest absolute Gasteiger partial charge is 0.352 e. The predicted molar refractivity (Wildman–Crippen MR) is 88.0 cm³/mol. The topological polar surface area (TPSA) is 74.5 Å². The Kier molecular flexibility index (Phi) is 6.29. The van der Waals surface area contributed by atoms with Gasteiger partial charge in [0.2, 0.25) is 11.8 Å². The molecular formula is C16H27N5O2. The zero-order valence-electron chi connectivity index (χ0n) is 14.3. The normalized spacial score (nSPS) is 18.1. The van der Waals surface area contributed by atoms with Gasteiger partial charge >= 0.3 is 0 Å². The smallest absolute Gasteiger partial charge is 0.243 e. The molecule has 7 heteroatoms. The molecule has 1 aromatic heterocycles. The van der Waals surface area contributed by atoms with Gasteiger partial charge in [0.1, 0.15) is 0 Å². The van der Waals surface area contributed by atoms with Crippen LogP contribution >= 0.6 is 0 Å². The van der Waals surface area contributed by atoms with Crippen molar-refractivity contribution in [2.45, 2.75) is 32.7 Å². The molecule has 1 saturated heterocycles. The van der Waals surface area contributed by atoms with E-state index in [1.165, 1.54) is 0 Å². The van der Waals surface area contributed by atoms with Crippen LogP contribution in [0.25, 0.3) is 0 Å². The third-order valence-electron chi connectivity index (χ3n) is 4.10. The highest BCUT2D eigenvalue weighted by Gasteiger charge is 2.26. The number of nitrogens with one attached hydrogen (secondary N) is 1. The molecule has 0 bridgehead atoms. The number of carbonyl (C=O) groups excluding carboxylic acids is 1. The van der Waals surface area contributed by atoms with Crippen molar-refractivity contribution >= 4 is 5.91 Å². The van der Waals surface area contributed by atoms with Crippen LogP contribution in [0.3, 0.4) is 0 Å². The van der Waals surface area contributed by atoms with Gasteiger partial charge in [0, 0.05) is 38.6 Å². The molecule has 2 heterocycles. The van der Waals surface area contributed by atoms with E-state index < -0.39 is 0 Å². The van der Waals surface area contributed by atoms with E-state index in [1.54, 1.807) is 6.08 Å². The van der Waals surface area contributed by atoms with E-state index in [0.717, 1.165) is 32.0 Å². The fourth-order valence-electron chi connectivity index (χ4n) is 2.56. The number of carbonyl (C=O) groups is 1. The average molecular weight is 321 g/mol. The molecule has 0 spiro atoms. The molecule has 7 nitrogen and oxygen atoms in total. The number of hydrogen-bond acceptors (Lipinski definition) is 6. The Morgan fingerprint density at radius 1 is 1.35 bits per heavy atom. The van der Waals surface area contributed by atoms with Gasteiger partial charge in [-0.1, -0.05) is 25.1 Å². The maximum atomic E-state index is 11.7. The lowest BCUT2D eigenvalue weighted by Crippen LogP contribution is -2.50. The lowest BCUT2D eigenvalue weighted by Gasteiger charge is -2.36. The molecule has 1 aliphatic heterocycles. The number of piperazine rings is 1. The maximum Gasteiger partial charge on any atom is 0.243 e. The molecule has 23 heavy (non-hydrogen) atoms. The average Bonchev–Trinajstić information content (AvgIpc) is 3.03. The van der Waals surface area contributed by atoms with Crippen LogP contribution in [0.1, 0.15) is 44.4 Å². The van der Waals surface area contributed by atoms with E-state index in [1.807, 2.05) is 0 Å². The van der Waals surface area contributed by atoms with Gasteiger partial charge in [-0.15, -0.1) is 6.58 Å². The van der Waals surface area contributed by atoms with Gasteiger partial charge in [0.05, 0.1) is 12.6 Å². The first-order valence-electron chi connectivity index (χ1n) is 8.18. The van der Waals surface area contributed by atoms with Crippen molar-refractivity contribution in [1.82, 2.24) is 25.3 Å². The first kappa shape index (κ1) is 17.6. The maximum absolute atomic E-state index is 11.7. The minimum atomic E-state index is 0.0462. The van der Waals surface area contributed by atoms with E-state index in [4.69, 9.17) is 4.52 Å². The van der Waals surface area contributed by atoms with Crippen molar-refractivity contribution in [3.8, 4) is 0 Å². The van der Waals surface area contributed by atoms with Crippen LogP contribution in [0.15, 0.2) is 17.2 Å². The summed E-state index contributed by atoms with van der Waals surface area (Å²) in [5.74, 6) is 1.74. The summed E-state index contributed by atoms with van der Waals surface area (Å²) in [5, 5.41) is 6.84. The molecule has 1 amide bonds. The van der Waals surface area contributed by atoms with Crippen LogP contribution in [0.4, 0.5) is 0 Å². The van der Waals surface area contributed by atoms with Crippen molar-refractivity contribution in [3.63, 3.8) is 0 Å². The molecule has 0 aliphatic carbocycles. The van der Waals surface area contributed by atoms with Crippen LogP contribution < -0.4 is 5.32 Å². The molecule has 1 aliphatic rings. The molecule has 1 fully saturated rings. The highest BCUT2D eigenvalue weighted by atomic mass is 16.5.